The van der Waals surface area contributed by atoms with Crippen LogP contribution in [0.25, 0.3) is 0 Å². The smallest absolute Gasteiger partial charge is 0.229 e. The van der Waals surface area contributed by atoms with Gasteiger partial charge in [-0.15, -0.1) is 0 Å². The second kappa shape index (κ2) is 1.93. The number of aryl methyl sites for hydroxylation is 1. The predicted octanol–water partition coefficient (Wildman–Crippen LogP) is 0.654. The minimum atomic E-state index is -0.374. The Bertz CT molecular complexity index is 238. The van der Waals surface area contributed by atoms with Crippen molar-refractivity contribution < 1.29 is 9.52 Å². The molecule has 9 heavy (non-hydrogen) atoms. The molecular formula is C6H6O3. The maximum atomic E-state index is 10.7. The Morgan fingerprint density at radius 2 is 2.22 bits per heavy atom. The molecule has 0 amide bonds. The van der Waals surface area contributed by atoms with Gasteiger partial charge in [0.1, 0.15) is 6.26 Å². The molecule has 0 bridgehead atoms. The molecule has 0 unspecified atom stereocenters. The van der Waals surface area contributed by atoms with E-state index in [-0.39, 0.29) is 11.2 Å². The average molecular weight is 126 g/mol. The number of rotatable bonds is 0. The normalized spacial score (nSPS) is 9.44. The molecule has 0 atom stereocenters. The van der Waals surface area contributed by atoms with Crippen LogP contribution in [0, 0.1) is 6.92 Å². The largest absolute Gasteiger partial charge is 0.502 e. The summed E-state index contributed by atoms with van der Waals surface area (Å²) in [5.41, 5.74) is 0.0382. The van der Waals surface area contributed by atoms with Gasteiger partial charge in [0.05, 0.1) is 6.26 Å². The molecule has 1 aromatic rings. The predicted molar refractivity (Wildman–Crippen MR) is 31.4 cm³/mol. The van der Waals surface area contributed by atoms with Gasteiger partial charge in [-0.3, -0.25) is 4.79 Å². The first-order valence-corrected chi connectivity index (χ1v) is 2.48. The summed E-state index contributed by atoms with van der Waals surface area (Å²) in [6, 6.07) is 0. The van der Waals surface area contributed by atoms with E-state index in [2.05, 4.69) is 4.42 Å². The van der Waals surface area contributed by atoms with Crippen LogP contribution in [0.3, 0.4) is 0 Å². The van der Waals surface area contributed by atoms with Crippen molar-refractivity contribution in [3.8, 4) is 5.75 Å². The lowest BCUT2D eigenvalue weighted by molar-refractivity contribution is 0.427. The molecule has 3 nitrogen and oxygen atoms in total. The zero-order valence-corrected chi connectivity index (χ0v) is 4.92. The first-order valence-electron chi connectivity index (χ1n) is 2.48. The maximum Gasteiger partial charge on any atom is 0.229 e. The summed E-state index contributed by atoms with van der Waals surface area (Å²) in [6.45, 7) is 1.57. The fourth-order valence-corrected chi connectivity index (χ4v) is 0.510. The second-order valence-electron chi connectivity index (χ2n) is 1.77. The number of hydrogen-bond donors (Lipinski definition) is 1. The van der Waals surface area contributed by atoms with Gasteiger partial charge in [-0.1, -0.05) is 0 Å². The summed E-state index contributed by atoms with van der Waals surface area (Å²) < 4.78 is 4.57. The van der Waals surface area contributed by atoms with Gasteiger partial charge in [-0.05, 0) is 6.92 Å². The third kappa shape index (κ3) is 0.937. The van der Waals surface area contributed by atoms with Gasteiger partial charge < -0.3 is 9.52 Å². The summed E-state index contributed by atoms with van der Waals surface area (Å²) in [5.74, 6) is -0.338. The Morgan fingerprint density at radius 3 is 2.67 bits per heavy atom. The van der Waals surface area contributed by atoms with Gasteiger partial charge >= 0.3 is 0 Å². The van der Waals surface area contributed by atoms with Crippen molar-refractivity contribution in [1.29, 1.82) is 0 Å². The fourth-order valence-electron chi connectivity index (χ4n) is 0.510. The van der Waals surface area contributed by atoms with E-state index in [0.29, 0.717) is 5.56 Å². The summed E-state index contributed by atoms with van der Waals surface area (Å²) in [5, 5.41) is 8.69. The Labute approximate surface area is 51.6 Å². The summed E-state index contributed by atoms with van der Waals surface area (Å²) in [7, 11) is 0. The zero-order valence-electron chi connectivity index (χ0n) is 4.92. The molecule has 0 aliphatic rings. The van der Waals surface area contributed by atoms with Crippen molar-refractivity contribution in [2.75, 3.05) is 0 Å². The third-order valence-corrected chi connectivity index (χ3v) is 1.02. The molecule has 3 heteroatoms. The first kappa shape index (κ1) is 5.88. The maximum absolute atomic E-state index is 10.7. The Kier molecular flexibility index (Phi) is 1.26. The van der Waals surface area contributed by atoms with Crippen molar-refractivity contribution in [2.24, 2.45) is 0 Å². The van der Waals surface area contributed by atoms with E-state index in [0.717, 1.165) is 6.26 Å². The molecule has 1 heterocycles. The molecule has 0 saturated heterocycles. The minimum Gasteiger partial charge on any atom is -0.502 e. The van der Waals surface area contributed by atoms with Crippen molar-refractivity contribution in [3.05, 3.63) is 28.3 Å². The molecule has 1 aromatic heterocycles. The highest BCUT2D eigenvalue weighted by molar-refractivity contribution is 5.18. The molecular weight excluding hydrogens is 120 g/mol. The van der Waals surface area contributed by atoms with Crippen molar-refractivity contribution >= 4 is 0 Å². The van der Waals surface area contributed by atoms with Gasteiger partial charge in [0, 0.05) is 5.56 Å². The lowest BCUT2D eigenvalue weighted by Gasteiger charge is -1.88. The summed E-state index contributed by atoms with van der Waals surface area (Å²) in [4.78, 5) is 10.7. The van der Waals surface area contributed by atoms with Gasteiger partial charge in [0.25, 0.3) is 0 Å². The molecule has 48 valence electrons. The van der Waals surface area contributed by atoms with E-state index in [9.17, 15) is 4.79 Å². The van der Waals surface area contributed by atoms with E-state index >= 15 is 0 Å². The van der Waals surface area contributed by atoms with Crippen LogP contribution < -0.4 is 5.43 Å². The van der Waals surface area contributed by atoms with Crippen LogP contribution in [-0.2, 0) is 0 Å². The van der Waals surface area contributed by atoms with Crippen molar-refractivity contribution in [1.82, 2.24) is 0 Å². The van der Waals surface area contributed by atoms with E-state index in [4.69, 9.17) is 5.11 Å². The van der Waals surface area contributed by atoms with Crippen LogP contribution >= 0.6 is 0 Å². The van der Waals surface area contributed by atoms with Crippen LogP contribution in [0.2, 0.25) is 0 Å². The van der Waals surface area contributed by atoms with E-state index in [1.807, 2.05) is 0 Å². The van der Waals surface area contributed by atoms with Crippen molar-refractivity contribution in [2.45, 2.75) is 6.92 Å². The summed E-state index contributed by atoms with van der Waals surface area (Å²) in [6.07, 6.45) is 2.30. The topological polar surface area (TPSA) is 50.4 Å². The standard InChI is InChI=1S/C6H6O3/c1-4-2-9-3-5(7)6(4)8/h2-3,7H,1H3. The molecule has 1 N–H and O–H groups in total. The molecule has 1 rings (SSSR count). The van der Waals surface area contributed by atoms with Gasteiger partial charge in [-0.2, -0.15) is 0 Å². The Hall–Kier alpha value is -1.25. The van der Waals surface area contributed by atoms with E-state index in [1.54, 1.807) is 6.92 Å². The van der Waals surface area contributed by atoms with Crippen LogP contribution in [-0.4, -0.2) is 5.11 Å². The molecule has 0 radical (unpaired) electrons. The third-order valence-electron chi connectivity index (χ3n) is 1.02. The highest BCUT2D eigenvalue weighted by atomic mass is 16.3. The molecule has 0 spiro atoms. The van der Waals surface area contributed by atoms with Gasteiger partial charge in [0.15, 0.2) is 5.75 Å². The molecule has 0 aliphatic carbocycles. The lowest BCUT2D eigenvalue weighted by Crippen LogP contribution is -2.01. The van der Waals surface area contributed by atoms with Crippen LogP contribution in [0.1, 0.15) is 5.56 Å². The average Bonchev–Trinajstić information content (AvgIpc) is 1.83. The second-order valence-corrected chi connectivity index (χ2v) is 1.77. The lowest BCUT2D eigenvalue weighted by atomic mass is 10.3. The first-order chi connectivity index (χ1) is 4.22. The minimum absolute atomic E-state index is 0.338. The Morgan fingerprint density at radius 1 is 1.56 bits per heavy atom. The summed E-state index contributed by atoms with van der Waals surface area (Å²) >= 11 is 0. The number of hydrogen-bond acceptors (Lipinski definition) is 3. The van der Waals surface area contributed by atoms with Crippen LogP contribution in [0.5, 0.6) is 5.75 Å². The van der Waals surface area contributed by atoms with Crippen molar-refractivity contribution in [3.63, 3.8) is 0 Å². The Balaban J connectivity index is 3.43. The van der Waals surface area contributed by atoms with Gasteiger partial charge in [0.2, 0.25) is 5.43 Å². The zero-order chi connectivity index (χ0) is 6.85. The van der Waals surface area contributed by atoms with E-state index < -0.39 is 0 Å². The monoisotopic (exact) mass is 126 g/mol. The SMILES string of the molecule is Cc1cocc(O)c1=O. The number of aromatic hydroxyl groups is 1. The van der Waals surface area contributed by atoms with Gasteiger partial charge in [-0.25, -0.2) is 0 Å². The quantitative estimate of drug-likeness (QED) is 0.555. The van der Waals surface area contributed by atoms with Crippen LogP contribution in [0.4, 0.5) is 0 Å². The molecule has 0 fully saturated rings. The molecule has 0 aromatic carbocycles. The highest BCUT2D eigenvalue weighted by Crippen LogP contribution is 1.99. The fraction of sp³-hybridized carbons (Fsp3) is 0.167. The molecule has 0 aliphatic heterocycles. The van der Waals surface area contributed by atoms with Crippen LogP contribution in [0.15, 0.2) is 21.7 Å². The van der Waals surface area contributed by atoms with E-state index in [1.165, 1.54) is 6.26 Å². The highest BCUT2D eigenvalue weighted by Gasteiger charge is 1.97. The molecule has 0 saturated carbocycles.